The number of nitrogens with zero attached hydrogens (tertiary/aromatic N) is 6. The van der Waals surface area contributed by atoms with Gasteiger partial charge in [0.05, 0.1) is 0 Å². The zero-order chi connectivity index (χ0) is 11.4. The van der Waals surface area contributed by atoms with E-state index in [1.54, 1.807) is 11.9 Å². The molecule has 0 atom stereocenters. The van der Waals surface area contributed by atoms with E-state index in [0.29, 0.717) is 18.8 Å². The molecule has 8 nitrogen and oxygen atoms in total. The summed E-state index contributed by atoms with van der Waals surface area (Å²) in [5, 5.41) is 22.7. The van der Waals surface area contributed by atoms with Gasteiger partial charge in [0.1, 0.15) is 0 Å². The van der Waals surface area contributed by atoms with E-state index in [2.05, 4.69) is 36.0 Å². The van der Waals surface area contributed by atoms with Gasteiger partial charge in [-0.3, -0.25) is 0 Å². The number of aromatic nitrogens is 7. The molecule has 0 amide bonds. The van der Waals surface area contributed by atoms with Gasteiger partial charge in [0, 0.05) is 20.0 Å². The standard InChI is InChI=1S/C7H11FN8/c1-16(7-6(8)11-13-12-7)4-2-3-5-9-14-15-10-5/h2-4H2,1H3,(H,11,12,13)(H,9,10,14,15). The van der Waals surface area contributed by atoms with Crippen LogP contribution in [0, 0.1) is 5.95 Å². The van der Waals surface area contributed by atoms with Crippen LogP contribution in [0.4, 0.5) is 10.2 Å². The maximum atomic E-state index is 13.0. The first kappa shape index (κ1) is 10.5. The third kappa shape index (κ3) is 2.30. The van der Waals surface area contributed by atoms with Gasteiger partial charge in [-0.05, 0) is 6.42 Å². The summed E-state index contributed by atoms with van der Waals surface area (Å²) in [6, 6.07) is 0. The van der Waals surface area contributed by atoms with Crippen LogP contribution in [0.25, 0.3) is 0 Å². The second kappa shape index (κ2) is 4.64. The smallest absolute Gasteiger partial charge is 0.276 e. The van der Waals surface area contributed by atoms with E-state index in [-0.39, 0.29) is 5.82 Å². The van der Waals surface area contributed by atoms with Crippen LogP contribution in [0.5, 0.6) is 0 Å². The van der Waals surface area contributed by atoms with Gasteiger partial charge in [-0.15, -0.1) is 20.4 Å². The molecule has 86 valence electrons. The van der Waals surface area contributed by atoms with Crippen molar-refractivity contribution in [1.82, 2.24) is 36.0 Å². The normalized spacial score (nSPS) is 10.6. The fourth-order valence-electron chi connectivity index (χ4n) is 1.32. The summed E-state index contributed by atoms with van der Waals surface area (Å²) in [6.07, 6.45) is 1.46. The number of H-pyrrole nitrogens is 2. The van der Waals surface area contributed by atoms with Crippen LogP contribution < -0.4 is 4.90 Å². The minimum atomic E-state index is -0.595. The Bertz CT molecular complexity index is 423. The fourth-order valence-corrected chi connectivity index (χ4v) is 1.32. The maximum absolute atomic E-state index is 13.0. The molecule has 0 fully saturated rings. The summed E-state index contributed by atoms with van der Waals surface area (Å²) in [6.45, 7) is 0.637. The number of rotatable bonds is 5. The highest BCUT2D eigenvalue weighted by molar-refractivity contribution is 5.33. The van der Waals surface area contributed by atoms with E-state index in [1.807, 2.05) is 0 Å². The first-order chi connectivity index (χ1) is 7.77. The molecule has 0 saturated carbocycles. The Balaban J connectivity index is 1.80. The van der Waals surface area contributed by atoms with Crippen molar-refractivity contribution in [2.24, 2.45) is 0 Å². The number of hydrogen-bond acceptors (Lipinski definition) is 6. The Labute approximate surface area is 90.2 Å². The van der Waals surface area contributed by atoms with Crippen LogP contribution in [0.2, 0.25) is 0 Å². The summed E-state index contributed by atoms with van der Waals surface area (Å²) in [5.74, 6) is 0.268. The largest absolute Gasteiger partial charge is 0.354 e. The molecule has 0 aliphatic heterocycles. The zero-order valence-corrected chi connectivity index (χ0v) is 8.68. The summed E-state index contributed by atoms with van der Waals surface area (Å²) < 4.78 is 13.0. The van der Waals surface area contributed by atoms with Gasteiger partial charge in [0.25, 0.3) is 5.95 Å². The third-order valence-electron chi connectivity index (χ3n) is 2.13. The van der Waals surface area contributed by atoms with Crippen molar-refractivity contribution >= 4 is 5.82 Å². The Kier molecular flexibility index (Phi) is 3.03. The van der Waals surface area contributed by atoms with Crippen molar-refractivity contribution in [2.75, 3.05) is 18.5 Å². The second-order valence-electron chi connectivity index (χ2n) is 3.29. The highest BCUT2D eigenvalue weighted by Gasteiger charge is 2.11. The molecule has 0 radical (unpaired) electrons. The van der Waals surface area contributed by atoms with Gasteiger partial charge < -0.3 is 4.90 Å². The van der Waals surface area contributed by atoms with Crippen LogP contribution in [0.1, 0.15) is 12.2 Å². The van der Waals surface area contributed by atoms with Crippen LogP contribution in [0.15, 0.2) is 0 Å². The van der Waals surface area contributed by atoms with E-state index in [1.165, 1.54) is 0 Å². The molecule has 2 aromatic heterocycles. The van der Waals surface area contributed by atoms with E-state index in [4.69, 9.17) is 0 Å². The molecule has 2 rings (SSSR count). The third-order valence-corrected chi connectivity index (χ3v) is 2.13. The zero-order valence-electron chi connectivity index (χ0n) is 8.68. The number of aryl methyl sites for hydroxylation is 1. The van der Waals surface area contributed by atoms with Crippen molar-refractivity contribution in [2.45, 2.75) is 12.8 Å². The Morgan fingerprint density at radius 2 is 2.12 bits per heavy atom. The summed E-state index contributed by atoms with van der Waals surface area (Å²) in [4.78, 5) is 1.68. The monoisotopic (exact) mass is 226 g/mol. The van der Waals surface area contributed by atoms with Gasteiger partial charge in [-0.2, -0.15) is 14.8 Å². The molecule has 0 aromatic carbocycles. The molecule has 2 N–H and O–H groups in total. The van der Waals surface area contributed by atoms with Gasteiger partial charge in [-0.1, -0.05) is 5.21 Å². The van der Waals surface area contributed by atoms with Gasteiger partial charge in [0.2, 0.25) is 5.82 Å². The van der Waals surface area contributed by atoms with E-state index >= 15 is 0 Å². The highest BCUT2D eigenvalue weighted by Crippen LogP contribution is 2.10. The number of nitrogens with one attached hydrogen (secondary N) is 2. The van der Waals surface area contributed by atoms with E-state index in [9.17, 15) is 4.39 Å². The van der Waals surface area contributed by atoms with Gasteiger partial charge in [0.15, 0.2) is 5.82 Å². The number of tetrazole rings is 1. The van der Waals surface area contributed by atoms with Gasteiger partial charge in [-0.25, -0.2) is 0 Å². The molecule has 0 aliphatic carbocycles. The first-order valence-electron chi connectivity index (χ1n) is 4.77. The van der Waals surface area contributed by atoms with Crippen LogP contribution in [-0.4, -0.2) is 49.6 Å². The van der Waals surface area contributed by atoms with Crippen molar-refractivity contribution in [3.05, 3.63) is 11.8 Å². The maximum Gasteiger partial charge on any atom is 0.276 e. The molecule has 0 aliphatic rings. The predicted molar refractivity (Wildman–Crippen MR) is 52.1 cm³/mol. The predicted octanol–water partition coefficient (Wildman–Crippen LogP) is -0.474. The molecular weight excluding hydrogens is 215 g/mol. The number of anilines is 1. The lowest BCUT2D eigenvalue weighted by Gasteiger charge is -2.14. The minimum Gasteiger partial charge on any atom is -0.354 e. The quantitative estimate of drug-likeness (QED) is 0.714. The topological polar surface area (TPSA) is 99.3 Å². The average Bonchev–Trinajstić information content (AvgIpc) is 2.88. The molecule has 2 heterocycles. The molecule has 2 aromatic rings. The van der Waals surface area contributed by atoms with E-state index < -0.39 is 5.95 Å². The molecule has 0 bridgehead atoms. The highest BCUT2D eigenvalue weighted by atomic mass is 19.1. The Morgan fingerprint density at radius 3 is 2.75 bits per heavy atom. The van der Waals surface area contributed by atoms with Crippen molar-refractivity contribution in [1.29, 1.82) is 0 Å². The summed E-state index contributed by atoms with van der Waals surface area (Å²) in [7, 11) is 1.75. The molecule has 0 spiro atoms. The molecule has 0 unspecified atom stereocenters. The Hall–Kier alpha value is -2.06. The summed E-state index contributed by atoms with van der Waals surface area (Å²) >= 11 is 0. The molecule has 16 heavy (non-hydrogen) atoms. The Morgan fingerprint density at radius 1 is 1.25 bits per heavy atom. The van der Waals surface area contributed by atoms with E-state index in [0.717, 1.165) is 6.42 Å². The molecule has 9 heteroatoms. The lowest BCUT2D eigenvalue weighted by Crippen LogP contribution is -2.20. The lowest BCUT2D eigenvalue weighted by atomic mass is 10.3. The van der Waals surface area contributed by atoms with Crippen molar-refractivity contribution in [3.8, 4) is 0 Å². The van der Waals surface area contributed by atoms with Crippen LogP contribution in [-0.2, 0) is 6.42 Å². The van der Waals surface area contributed by atoms with Crippen LogP contribution in [0.3, 0.4) is 0 Å². The van der Waals surface area contributed by atoms with Crippen molar-refractivity contribution in [3.63, 3.8) is 0 Å². The lowest BCUT2D eigenvalue weighted by molar-refractivity contribution is 0.575. The molecular formula is C7H11FN8. The SMILES string of the molecule is CN(CCCc1nn[nH]n1)c1n[nH]nc1F. The van der Waals surface area contributed by atoms with Crippen molar-refractivity contribution < 1.29 is 4.39 Å². The number of halogens is 1. The minimum absolute atomic E-state index is 0.216. The number of aromatic amines is 2. The summed E-state index contributed by atoms with van der Waals surface area (Å²) in [5.41, 5.74) is 0. The molecule has 0 saturated heterocycles. The first-order valence-corrected chi connectivity index (χ1v) is 4.77. The van der Waals surface area contributed by atoms with Crippen LogP contribution >= 0.6 is 0 Å². The van der Waals surface area contributed by atoms with Gasteiger partial charge >= 0.3 is 0 Å². The average molecular weight is 226 g/mol. The fraction of sp³-hybridized carbons (Fsp3) is 0.571. The second-order valence-corrected chi connectivity index (χ2v) is 3.29. The number of hydrogen-bond donors (Lipinski definition) is 2.